The van der Waals surface area contributed by atoms with Crippen molar-refractivity contribution >= 4 is 22.9 Å². The lowest BCUT2D eigenvalue weighted by Crippen LogP contribution is -2.17. The fraction of sp³-hybridized carbons (Fsp3) is 0.333. The number of halogens is 1. The Labute approximate surface area is 118 Å². The predicted molar refractivity (Wildman–Crippen MR) is 80.4 cm³/mol. The van der Waals surface area contributed by atoms with Crippen molar-refractivity contribution in [2.75, 3.05) is 0 Å². The summed E-state index contributed by atoms with van der Waals surface area (Å²) in [7, 11) is 0. The molecular weight excluding hydrogens is 262 g/mol. The summed E-state index contributed by atoms with van der Waals surface area (Å²) < 4.78 is 0. The number of thiophene rings is 1. The van der Waals surface area contributed by atoms with Gasteiger partial charge in [-0.05, 0) is 37.1 Å². The molecule has 0 aliphatic rings. The maximum absolute atomic E-state index is 6.19. The number of rotatable bonds is 5. The molecule has 0 aliphatic heterocycles. The van der Waals surface area contributed by atoms with Gasteiger partial charge in [0.15, 0.2) is 0 Å². The highest BCUT2D eigenvalue weighted by atomic mass is 35.5. The Morgan fingerprint density at radius 2 is 1.89 bits per heavy atom. The van der Waals surface area contributed by atoms with Crippen LogP contribution in [0.25, 0.3) is 0 Å². The Morgan fingerprint density at radius 1 is 1.17 bits per heavy atom. The maximum atomic E-state index is 6.19. The standard InChI is InChI=1S/C15H18ClNS/c1-3-12-8-9-13(18-12)10-17-11(2)14-6-4-5-7-15(14)16/h4-9,11,17H,3,10H2,1-2H3/t11-/m1/s1. The van der Waals surface area contributed by atoms with E-state index in [1.165, 1.54) is 9.75 Å². The third-order valence-corrected chi connectivity index (χ3v) is 4.59. The molecule has 0 amide bonds. The van der Waals surface area contributed by atoms with Gasteiger partial charge in [-0.25, -0.2) is 0 Å². The number of nitrogens with one attached hydrogen (secondary N) is 1. The summed E-state index contributed by atoms with van der Waals surface area (Å²) >= 11 is 8.07. The number of benzene rings is 1. The van der Waals surface area contributed by atoms with Crippen molar-refractivity contribution in [2.45, 2.75) is 32.9 Å². The monoisotopic (exact) mass is 279 g/mol. The molecule has 3 heteroatoms. The highest BCUT2D eigenvalue weighted by molar-refractivity contribution is 7.11. The van der Waals surface area contributed by atoms with Gasteiger partial charge in [0.1, 0.15) is 0 Å². The van der Waals surface area contributed by atoms with E-state index in [1.807, 2.05) is 29.5 Å². The summed E-state index contributed by atoms with van der Waals surface area (Å²) in [5.41, 5.74) is 1.16. The van der Waals surface area contributed by atoms with Gasteiger partial charge in [-0.3, -0.25) is 0 Å². The van der Waals surface area contributed by atoms with Crippen molar-refractivity contribution in [3.8, 4) is 0 Å². The fourth-order valence-corrected chi connectivity index (χ4v) is 3.11. The molecule has 1 N–H and O–H groups in total. The van der Waals surface area contributed by atoms with E-state index in [4.69, 9.17) is 11.6 Å². The highest BCUT2D eigenvalue weighted by Crippen LogP contribution is 2.23. The van der Waals surface area contributed by atoms with Gasteiger partial charge in [-0.1, -0.05) is 36.7 Å². The molecular formula is C15H18ClNS. The molecule has 2 rings (SSSR count). The first kappa shape index (κ1) is 13.6. The number of hydrogen-bond acceptors (Lipinski definition) is 2. The maximum Gasteiger partial charge on any atom is 0.0453 e. The molecule has 0 fully saturated rings. The van der Waals surface area contributed by atoms with Gasteiger partial charge in [0, 0.05) is 27.4 Å². The summed E-state index contributed by atoms with van der Waals surface area (Å²) in [6.07, 6.45) is 1.12. The molecule has 0 aliphatic carbocycles. The van der Waals surface area contributed by atoms with Crippen LogP contribution in [-0.4, -0.2) is 0 Å². The summed E-state index contributed by atoms with van der Waals surface area (Å²) in [5.74, 6) is 0. The molecule has 1 aromatic heterocycles. The van der Waals surface area contributed by atoms with E-state index in [2.05, 4.69) is 37.4 Å². The van der Waals surface area contributed by atoms with E-state index in [9.17, 15) is 0 Å². The van der Waals surface area contributed by atoms with Crippen molar-refractivity contribution in [2.24, 2.45) is 0 Å². The molecule has 0 bridgehead atoms. The predicted octanol–water partition coefficient (Wildman–Crippen LogP) is 4.81. The molecule has 0 radical (unpaired) electrons. The summed E-state index contributed by atoms with van der Waals surface area (Å²) in [4.78, 5) is 2.82. The zero-order valence-corrected chi connectivity index (χ0v) is 12.3. The normalized spacial score (nSPS) is 12.6. The molecule has 0 spiro atoms. The lowest BCUT2D eigenvalue weighted by Gasteiger charge is -2.14. The summed E-state index contributed by atoms with van der Waals surface area (Å²) in [6.45, 7) is 5.24. The molecule has 0 saturated carbocycles. The number of aryl methyl sites for hydroxylation is 1. The second-order valence-corrected chi connectivity index (χ2v) is 6.01. The first-order chi connectivity index (χ1) is 8.70. The Kier molecular flexibility index (Phi) is 4.81. The largest absolute Gasteiger partial charge is 0.305 e. The molecule has 96 valence electrons. The van der Waals surface area contributed by atoms with Gasteiger partial charge in [0.05, 0.1) is 0 Å². The Hall–Kier alpha value is -0.830. The minimum absolute atomic E-state index is 0.269. The van der Waals surface area contributed by atoms with Gasteiger partial charge in [-0.15, -0.1) is 11.3 Å². The van der Waals surface area contributed by atoms with E-state index in [1.54, 1.807) is 0 Å². The van der Waals surface area contributed by atoms with Gasteiger partial charge < -0.3 is 5.32 Å². The summed E-state index contributed by atoms with van der Waals surface area (Å²) in [5, 5.41) is 4.35. The minimum Gasteiger partial charge on any atom is -0.305 e. The zero-order valence-electron chi connectivity index (χ0n) is 10.7. The fourth-order valence-electron chi connectivity index (χ4n) is 1.90. The van der Waals surface area contributed by atoms with Gasteiger partial charge in [0.25, 0.3) is 0 Å². The first-order valence-electron chi connectivity index (χ1n) is 6.26. The van der Waals surface area contributed by atoms with Crippen LogP contribution in [-0.2, 0) is 13.0 Å². The second-order valence-electron chi connectivity index (χ2n) is 4.35. The molecule has 1 aromatic carbocycles. The molecule has 1 atom stereocenters. The minimum atomic E-state index is 0.269. The van der Waals surface area contributed by atoms with Crippen LogP contribution in [0.5, 0.6) is 0 Å². The van der Waals surface area contributed by atoms with E-state index in [-0.39, 0.29) is 6.04 Å². The number of hydrogen-bond donors (Lipinski definition) is 1. The molecule has 0 saturated heterocycles. The zero-order chi connectivity index (χ0) is 13.0. The van der Waals surface area contributed by atoms with E-state index >= 15 is 0 Å². The lowest BCUT2D eigenvalue weighted by molar-refractivity contribution is 0.579. The second kappa shape index (κ2) is 6.37. The Bertz CT molecular complexity index is 507. The van der Waals surface area contributed by atoms with E-state index in [0.717, 1.165) is 23.6 Å². The highest BCUT2D eigenvalue weighted by Gasteiger charge is 2.08. The summed E-state index contributed by atoms with van der Waals surface area (Å²) in [6, 6.07) is 12.7. The molecule has 1 heterocycles. The van der Waals surface area contributed by atoms with E-state index < -0.39 is 0 Å². The quantitative estimate of drug-likeness (QED) is 0.828. The van der Waals surface area contributed by atoms with Gasteiger partial charge in [-0.2, -0.15) is 0 Å². The molecule has 18 heavy (non-hydrogen) atoms. The van der Waals surface area contributed by atoms with Crippen LogP contribution >= 0.6 is 22.9 Å². The third kappa shape index (κ3) is 3.35. The third-order valence-electron chi connectivity index (χ3n) is 3.02. The van der Waals surface area contributed by atoms with Crippen molar-refractivity contribution in [1.29, 1.82) is 0 Å². The van der Waals surface area contributed by atoms with Crippen LogP contribution < -0.4 is 5.32 Å². The molecule has 1 nitrogen and oxygen atoms in total. The van der Waals surface area contributed by atoms with Crippen molar-refractivity contribution in [3.05, 3.63) is 56.7 Å². The van der Waals surface area contributed by atoms with E-state index in [0.29, 0.717) is 0 Å². The van der Waals surface area contributed by atoms with Crippen LogP contribution in [0.15, 0.2) is 36.4 Å². The topological polar surface area (TPSA) is 12.0 Å². The average Bonchev–Trinajstić information content (AvgIpc) is 2.84. The first-order valence-corrected chi connectivity index (χ1v) is 7.45. The van der Waals surface area contributed by atoms with Gasteiger partial charge in [0.2, 0.25) is 0 Å². The molecule has 0 unspecified atom stereocenters. The van der Waals surface area contributed by atoms with Crippen LogP contribution in [0.4, 0.5) is 0 Å². The van der Waals surface area contributed by atoms with Crippen LogP contribution in [0.2, 0.25) is 5.02 Å². The van der Waals surface area contributed by atoms with Crippen LogP contribution in [0, 0.1) is 0 Å². The van der Waals surface area contributed by atoms with Gasteiger partial charge >= 0.3 is 0 Å². The van der Waals surface area contributed by atoms with Crippen LogP contribution in [0.1, 0.15) is 35.2 Å². The van der Waals surface area contributed by atoms with Crippen molar-refractivity contribution in [3.63, 3.8) is 0 Å². The lowest BCUT2D eigenvalue weighted by atomic mass is 10.1. The SMILES string of the molecule is CCc1ccc(CN[C@H](C)c2ccccc2Cl)s1. The van der Waals surface area contributed by atoms with Crippen LogP contribution in [0.3, 0.4) is 0 Å². The van der Waals surface area contributed by atoms with Crippen molar-refractivity contribution in [1.82, 2.24) is 5.32 Å². The molecule has 2 aromatic rings. The smallest absolute Gasteiger partial charge is 0.0453 e. The van der Waals surface area contributed by atoms with Crippen molar-refractivity contribution < 1.29 is 0 Å². The average molecular weight is 280 g/mol. The Morgan fingerprint density at radius 3 is 2.56 bits per heavy atom. The Balaban J connectivity index is 1.96.